The van der Waals surface area contributed by atoms with E-state index in [1.165, 1.54) is 11.6 Å². The van der Waals surface area contributed by atoms with Crippen molar-refractivity contribution in [2.45, 2.75) is 13.0 Å². The third kappa shape index (κ3) is 2.99. The van der Waals surface area contributed by atoms with E-state index >= 15 is 0 Å². The quantitative estimate of drug-likeness (QED) is 0.382. The molecule has 0 amide bonds. The number of rotatable bonds is 3. The van der Waals surface area contributed by atoms with Crippen molar-refractivity contribution in [2.24, 2.45) is 14.1 Å². The van der Waals surface area contributed by atoms with Crippen molar-refractivity contribution in [3.05, 3.63) is 110 Å². The number of nitrogens with zero attached hydrogens (tertiary/aromatic N) is 3. The molecule has 7 heteroatoms. The van der Waals surface area contributed by atoms with E-state index in [1.807, 2.05) is 79.7 Å². The number of ether oxygens (including phenoxy) is 2. The Morgan fingerprint density at radius 3 is 2.42 bits per heavy atom. The molecule has 1 aliphatic rings. The first-order valence-corrected chi connectivity index (χ1v) is 11.7. The van der Waals surface area contributed by atoms with Gasteiger partial charge in [0.1, 0.15) is 11.5 Å². The Kier molecular flexibility index (Phi) is 4.89. The second-order valence-corrected chi connectivity index (χ2v) is 9.06. The maximum Gasteiger partial charge on any atom is 0.331 e. The zero-order valence-corrected chi connectivity index (χ0v) is 20.5. The zero-order valence-electron chi connectivity index (χ0n) is 20.5. The average Bonchev–Trinajstić information content (AvgIpc) is 3.27. The number of benzene rings is 3. The minimum Gasteiger partial charge on any atom is -0.497 e. The Balaban J connectivity index is 1.87. The smallest absolute Gasteiger partial charge is 0.331 e. The van der Waals surface area contributed by atoms with E-state index in [9.17, 15) is 9.59 Å². The van der Waals surface area contributed by atoms with Crippen LogP contribution in [0.15, 0.2) is 82.4 Å². The molecule has 0 radical (unpaired) electrons. The summed E-state index contributed by atoms with van der Waals surface area (Å²) < 4.78 is 16.9. The van der Waals surface area contributed by atoms with E-state index in [-0.39, 0.29) is 11.2 Å². The predicted molar refractivity (Wildman–Crippen MR) is 139 cm³/mol. The number of methoxy groups -OCH3 is 1. The first-order valence-electron chi connectivity index (χ1n) is 11.7. The molecule has 36 heavy (non-hydrogen) atoms. The third-order valence-corrected chi connectivity index (χ3v) is 7.00. The summed E-state index contributed by atoms with van der Waals surface area (Å²) in [7, 11) is 4.85. The van der Waals surface area contributed by atoms with Gasteiger partial charge in [0.25, 0.3) is 5.56 Å². The van der Waals surface area contributed by atoms with Crippen molar-refractivity contribution in [1.82, 2.24) is 13.7 Å². The van der Waals surface area contributed by atoms with Gasteiger partial charge in [-0.15, -0.1) is 0 Å². The molecule has 0 spiro atoms. The topological polar surface area (TPSA) is 67.4 Å². The maximum absolute atomic E-state index is 13.8. The van der Waals surface area contributed by atoms with Crippen LogP contribution in [-0.2, 0) is 14.1 Å². The van der Waals surface area contributed by atoms with E-state index in [4.69, 9.17) is 9.47 Å². The largest absolute Gasteiger partial charge is 0.497 e. The SMILES string of the molecule is COc1cccc([C@H]2Oc3ccccc3-n3c(-c4ccccc4C)c4c(=O)n(C)c(=O)n(C)c4c32)c1. The van der Waals surface area contributed by atoms with E-state index in [0.29, 0.717) is 22.4 Å². The highest BCUT2D eigenvalue weighted by atomic mass is 16.5. The molecule has 6 rings (SSSR count). The van der Waals surface area contributed by atoms with Gasteiger partial charge < -0.3 is 14.0 Å². The summed E-state index contributed by atoms with van der Waals surface area (Å²) in [4.78, 5) is 26.9. The molecule has 0 saturated carbocycles. The van der Waals surface area contributed by atoms with E-state index in [1.54, 1.807) is 18.7 Å². The standard InChI is InChI=1S/C29H25N3O4/c1-17-10-5-6-13-20(17)24-23-25(30(2)29(34)31(3)28(23)33)26-27(18-11-9-12-19(16-18)35-4)36-22-15-8-7-14-21(22)32(24)26/h5-16,27H,1-4H3/t27-/m1/s1. The molecule has 180 valence electrons. The first kappa shape index (κ1) is 22.0. The predicted octanol–water partition coefficient (Wildman–Crippen LogP) is 4.49. The second kappa shape index (κ2) is 8.02. The highest BCUT2D eigenvalue weighted by Crippen LogP contribution is 2.47. The summed E-state index contributed by atoms with van der Waals surface area (Å²) in [6.07, 6.45) is -0.576. The molecular formula is C29H25N3O4. The lowest BCUT2D eigenvalue weighted by Gasteiger charge is -2.30. The van der Waals surface area contributed by atoms with Crippen LogP contribution in [0.5, 0.6) is 11.5 Å². The van der Waals surface area contributed by atoms with Crippen molar-refractivity contribution in [1.29, 1.82) is 0 Å². The van der Waals surface area contributed by atoms with Crippen molar-refractivity contribution >= 4 is 10.9 Å². The van der Waals surface area contributed by atoms with Gasteiger partial charge in [0.05, 0.1) is 35.1 Å². The second-order valence-electron chi connectivity index (χ2n) is 9.06. The number of para-hydroxylation sites is 2. The summed E-state index contributed by atoms with van der Waals surface area (Å²) in [5.41, 5.74) is 4.93. The Bertz CT molecular complexity index is 1790. The number of aryl methyl sites for hydroxylation is 2. The van der Waals surface area contributed by atoms with Crippen molar-refractivity contribution in [2.75, 3.05) is 7.11 Å². The molecule has 0 saturated heterocycles. The summed E-state index contributed by atoms with van der Waals surface area (Å²) in [6, 6.07) is 23.4. The Morgan fingerprint density at radius 1 is 0.889 bits per heavy atom. The lowest BCUT2D eigenvalue weighted by molar-refractivity contribution is 0.228. The van der Waals surface area contributed by atoms with Crippen LogP contribution in [0, 0.1) is 6.92 Å². The van der Waals surface area contributed by atoms with Crippen molar-refractivity contribution in [3.63, 3.8) is 0 Å². The summed E-state index contributed by atoms with van der Waals surface area (Å²) in [5.74, 6) is 1.39. The fourth-order valence-corrected chi connectivity index (χ4v) is 5.24. The normalized spacial score (nSPS) is 14.3. The van der Waals surface area contributed by atoms with Gasteiger partial charge in [0.2, 0.25) is 0 Å². The van der Waals surface area contributed by atoms with E-state index in [2.05, 4.69) is 4.57 Å². The third-order valence-electron chi connectivity index (χ3n) is 7.00. The van der Waals surface area contributed by atoms with Crippen molar-refractivity contribution < 1.29 is 9.47 Å². The van der Waals surface area contributed by atoms with Gasteiger partial charge in [-0.1, -0.05) is 48.5 Å². The molecule has 3 aromatic carbocycles. The molecule has 1 atom stereocenters. The molecule has 0 bridgehead atoms. The molecular weight excluding hydrogens is 454 g/mol. The minimum atomic E-state index is -0.576. The van der Waals surface area contributed by atoms with E-state index < -0.39 is 6.10 Å². The van der Waals surface area contributed by atoms with Crippen molar-refractivity contribution in [3.8, 4) is 28.4 Å². The minimum absolute atomic E-state index is 0.338. The summed E-state index contributed by atoms with van der Waals surface area (Å²) in [5, 5.41) is 0.483. The average molecular weight is 480 g/mol. The highest BCUT2D eigenvalue weighted by molar-refractivity contribution is 5.98. The molecule has 0 N–H and O–H groups in total. The molecule has 2 aromatic heterocycles. The molecule has 7 nitrogen and oxygen atoms in total. The number of hydrogen-bond donors (Lipinski definition) is 0. The first-order chi connectivity index (χ1) is 17.4. The van der Waals surface area contributed by atoms with Crippen LogP contribution in [0.4, 0.5) is 0 Å². The van der Waals surface area contributed by atoms with Crippen LogP contribution in [0.1, 0.15) is 22.9 Å². The van der Waals surface area contributed by atoms with Crippen LogP contribution >= 0.6 is 0 Å². The lowest BCUT2D eigenvalue weighted by atomic mass is 10.0. The molecule has 3 heterocycles. The van der Waals surface area contributed by atoms with Gasteiger partial charge in [-0.25, -0.2) is 4.79 Å². The maximum atomic E-state index is 13.8. The Hall–Kier alpha value is -4.52. The number of aromatic nitrogens is 3. The van der Waals surface area contributed by atoms with Gasteiger partial charge in [-0.3, -0.25) is 13.9 Å². The molecule has 0 aliphatic carbocycles. The monoisotopic (exact) mass is 479 g/mol. The molecule has 5 aromatic rings. The summed E-state index contributed by atoms with van der Waals surface area (Å²) in [6.45, 7) is 2.03. The van der Waals surface area contributed by atoms with Gasteiger partial charge in [0.15, 0.2) is 6.10 Å². The van der Waals surface area contributed by atoms with Crippen LogP contribution in [-0.4, -0.2) is 20.8 Å². The van der Waals surface area contributed by atoms with Crippen LogP contribution in [0.2, 0.25) is 0 Å². The van der Waals surface area contributed by atoms with Crippen LogP contribution < -0.4 is 20.7 Å². The lowest BCUT2D eigenvalue weighted by Crippen LogP contribution is -2.37. The Morgan fingerprint density at radius 2 is 1.64 bits per heavy atom. The number of fused-ring (bicyclic) bond motifs is 5. The van der Waals surface area contributed by atoms with E-state index in [0.717, 1.165) is 33.8 Å². The van der Waals surface area contributed by atoms with Gasteiger partial charge in [0, 0.05) is 25.2 Å². The van der Waals surface area contributed by atoms with Gasteiger partial charge in [-0.2, -0.15) is 0 Å². The Labute approximate surface area is 207 Å². The molecule has 0 fully saturated rings. The van der Waals surface area contributed by atoms with Gasteiger partial charge in [-0.05, 0) is 36.8 Å². The molecule has 0 unspecified atom stereocenters. The fourth-order valence-electron chi connectivity index (χ4n) is 5.24. The zero-order chi connectivity index (χ0) is 25.1. The van der Waals surface area contributed by atoms with Crippen LogP contribution in [0.25, 0.3) is 27.8 Å². The fraction of sp³-hybridized carbons (Fsp3) is 0.172. The number of hydrogen-bond acceptors (Lipinski definition) is 4. The van der Waals surface area contributed by atoms with Gasteiger partial charge >= 0.3 is 5.69 Å². The van der Waals surface area contributed by atoms with Crippen LogP contribution in [0.3, 0.4) is 0 Å². The summed E-state index contributed by atoms with van der Waals surface area (Å²) >= 11 is 0. The molecule has 1 aliphatic heterocycles. The highest BCUT2D eigenvalue weighted by Gasteiger charge is 2.36.